The van der Waals surface area contributed by atoms with E-state index in [1.54, 1.807) is 18.0 Å². The Labute approximate surface area is 175 Å². The molecule has 1 aromatic carbocycles. The van der Waals surface area contributed by atoms with Crippen molar-refractivity contribution in [1.29, 1.82) is 0 Å². The van der Waals surface area contributed by atoms with Crippen LogP contribution in [0.3, 0.4) is 0 Å². The summed E-state index contributed by atoms with van der Waals surface area (Å²) >= 11 is 1.37. The van der Waals surface area contributed by atoms with Gasteiger partial charge in [-0.1, -0.05) is 36.4 Å². The molecular weight excluding hydrogens is 386 g/mol. The zero-order chi connectivity index (χ0) is 20.6. The maximum absolute atomic E-state index is 12.5. The molecule has 0 bridgehead atoms. The molecule has 3 amide bonds. The number of carbonyl (C=O) groups is 3. The van der Waals surface area contributed by atoms with Crippen molar-refractivity contribution < 1.29 is 14.4 Å². The van der Waals surface area contributed by atoms with Gasteiger partial charge in [-0.05, 0) is 29.9 Å². The second-order valence-corrected chi connectivity index (χ2v) is 8.19. The van der Waals surface area contributed by atoms with E-state index in [1.165, 1.54) is 21.8 Å². The van der Waals surface area contributed by atoms with Crippen molar-refractivity contribution in [2.45, 2.75) is 19.3 Å². The fraction of sp³-hybridized carbons (Fsp3) is 0.409. The summed E-state index contributed by atoms with van der Waals surface area (Å²) in [5, 5.41) is 1.85. The van der Waals surface area contributed by atoms with E-state index in [-0.39, 0.29) is 24.3 Å². The highest BCUT2D eigenvalue weighted by molar-refractivity contribution is 7.12. The third kappa shape index (κ3) is 5.90. The summed E-state index contributed by atoms with van der Waals surface area (Å²) in [5.74, 6) is -0.0628. The van der Waals surface area contributed by atoms with Crippen molar-refractivity contribution in [3.05, 3.63) is 58.3 Å². The van der Waals surface area contributed by atoms with Crippen LogP contribution in [0.25, 0.3) is 0 Å². The van der Waals surface area contributed by atoms with Gasteiger partial charge in [0.1, 0.15) is 0 Å². The van der Waals surface area contributed by atoms with Crippen LogP contribution in [0.1, 0.15) is 28.1 Å². The van der Waals surface area contributed by atoms with Gasteiger partial charge >= 0.3 is 0 Å². The van der Waals surface area contributed by atoms with Crippen LogP contribution in [-0.4, -0.2) is 72.2 Å². The van der Waals surface area contributed by atoms with Gasteiger partial charge in [-0.25, -0.2) is 0 Å². The van der Waals surface area contributed by atoms with Gasteiger partial charge in [0.25, 0.3) is 5.91 Å². The van der Waals surface area contributed by atoms with E-state index in [0.29, 0.717) is 37.5 Å². The first-order valence-electron chi connectivity index (χ1n) is 9.93. The van der Waals surface area contributed by atoms with Gasteiger partial charge in [0.15, 0.2) is 0 Å². The Kier molecular flexibility index (Phi) is 7.41. The smallest absolute Gasteiger partial charge is 0.264 e. The number of benzene rings is 1. The average Bonchev–Trinajstić information content (AvgIpc) is 3.28. The molecule has 3 rings (SSSR count). The number of aryl methyl sites for hydroxylation is 1. The van der Waals surface area contributed by atoms with Crippen molar-refractivity contribution in [3.63, 3.8) is 0 Å². The molecule has 2 heterocycles. The lowest BCUT2D eigenvalue weighted by molar-refractivity contribution is -0.139. The van der Waals surface area contributed by atoms with Crippen molar-refractivity contribution >= 4 is 29.1 Å². The summed E-state index contributed by atoms with van der Waals surface area (Å²) in [5.41, 5.74) is 1.25. The Morgan fingerprint density at radius 1 is 0.931 bits per heavy atom. The predicted molar refractivity (Wildman–Crippen MR) is 114 cm³/mol. The highest BCUT2D eigenvalue weighted by Gasteiger charge is 2.25. The molecule has 1 aliphatic rings. The molecular formula is C22H27N3O3S. The zero-order valence-electron chi connectivity index (χ0n) is 16.8. The molecule has 154 valence electrons. The Hall–Kier alpha value is -2.67. The summed E-state index contributed by atoms with van der Waals surface area (Å²) in [6.07, 6.45) is 2.26. The topological polar surface area (TPSA) is 60.9 Å². The molecule has 0 atom stereocenters. The maximum Gasteiger partial charge on any atom is 0.264 e. The number of likely N-dealkylation sites (N-methyl/N-ethyl adjacent to an activating group) is 1. The molecule has 0 spiro atoms. The highest BCUT2D eigenvalue weighted by atomic mass is 32.1. The number of hydrogen-bond donors (Lipinski definition) is 0. The van der Waals surface area contributed by atoms with Crippen LogP contribution < -0.4 is 0 Å². The number of nitrogens with zero attached hydrogens (tertiary/aromatic N) is 3. The number of thiophene rings is 1. The third-order valence-electron chi connectivity index (χ3n) is 5.14. The van der Waals surface area contributed by atoms with Crippen LogP contribution in [0.5, 0.6) is 0 Å². The second-order valence-electron chi connectivity index (χ2n) is 7.24. The van der Waals surface area contributed by atoms with E-state index in [1.807, 2.05) is 34.5 Å². The zero-order valence-corrected chi connectivity index (χ0v) is 17.6. The van der Waals surface area contributed by atoms with E-state index in [4.69, 9.17) is 0 Å². The Bertz CT molecular complexity index is 815. The molecule has 7 heteroatoms. The molecule has 1 aliphatic heterocycles. The molecule has 0 aliphatic carbocycles. The molecule has 2 aromatic rings. The monoisotopic (exact) mass is 413 g/mol. The van der Waals surface area contributed by atoms with Gasteiger partial charge in [-0.2, -0.15) is 0 Å². The SMILES string of the molecule is CN(CC(=O)N1CCN(C(=O)CCCc2ccccc2)CC1)C(=O)c1cccs1. The molecule has 0 N–H and O–H groups in total. The molecule has 6 nitrogen and oxygen atoms in total. The summed E-state index contributed by atoms with van der Waals surface area (Å²) in [6.45, 7) is 2.20. The highest BCUT2D eigenvalue weighted by Crippen LogP contribution is 2.12. The fourth-order valence-electron chi connectivity index (χ4n) is 3.41. The normalized spacial score (nSPS) is 14.0. The van der Waals surface area contributed by atoms with Crippen LogP contribution >= 0.6 is 11.3 Å². The van der Waals surface area contributed by atoms with Gasteiger partial charge in [-0.3, -0.25) is 14.4 Å². The Balaban J connectivity index is 1.38. The summed E-state index contributed by atoms with van der Waals surface area (Å²) < 4.78 is 0. The van der Waals surface area contributed by atoms with Gasteiger partial charge in [-0.15, -0.1) is 11.3 Å². The van der Waals surface area contributed by atoms with E-state index in [9.17, 15) is 14.4 Å². The first-order chi connectivity index (χ1) is 14.0. The first-order valence-corrected chi connectivity index (χ1v) is 10.8. The number of amides is 3. The van der Waals surface area contributed by atoms with Gasteiger partial charge in [0.2, 0.25) is 11.8 Å². The maximum atomic E-state index is 12.5. The van der Waals surface area contributed by atoms with Crippen LogP contribution in [0.15, 0.2) is 47.8 Å². The number of rotatable bonds is 7. The second kappa shape index (κ2) is 10.2. The van der Waals surface area contributed by atoms with Crippen LogP contribution in [0, 0.1) is 0 Å². The van der Waals surface area contributed by atoms with Gasteiger partial charge < -0.3 is 14.7 Å². The molecule has 0 radical (unpaired) electrons. The van der Waals surface area contributed by atoms with Crippen molar-refractivity contribution in [3.8, 4) is 0 Å². The lowest BCUT2D eigenvalue weighted by Crippen LogP contribution is -2.52. The van der Waals surface area contributed by atoms with Crippen molar-refractivity contribution in [2.75, 3.05) is 39.8 Å². The quantitative estimate of drug-likeness (QED) is 0.701. The molecule has 1 fully saturated rings. The molecule has 1 aromatic heterocycles. The van der Waals surface area contributed by atoms with E-state index < -0.39 is 0 Å². The number of piperazine rings is 1. The van der Waals surface area contributed by atoms with Gasteiger partial charge in [0.05, 0.1) is 11.4 Å². The van der Waals surface area contributed by atoms with Crippen LogP contribution in [-0.2, 0) is 16.0 Å². The lowest BCUT2D eigenvalue weighted by Gasteiger charge is -2.35. The number of hydrogen-bond acceptors (Lipinski definition) is 4. The van der Waals surface area contributed by atoms with Crippen LogP contribution in [0.2, 0.25) is 0 Å². The van der Waals surface area contributed by atoms with E-state index >= 15 is 0 Å². The first kappa shape index (κ1) is 21.0. The lowest BCUT2D eigenvalue weighted by atomic mass is 10.1. The molecule has 0 unspecified atom stereocenters. The average molecular weight is 414 g/mol. The number of carbonyl (C=O) groups excluding carboxylic acids is 3. The predicted octanol–water partition coefficient (Wildman–Crippen LogP) is 2.51. The largest absolute Gasteiger partial charge is 0.339 e. The summed E-state index contributed by atoms with van der Waals surface area (Å²) in [7, 11) is 1.65. The minimum Gasteiger partial charge on any atom is -0.339 e. The molecule has 1 saturated heterocycles. The molecule has 29 heavy (non-hydrogen) atoms. The molecule has 0 saturated carbocycles. The Morgan fingerprint density at radius 2 is 1.59 bits per heavy atom. The van der Waals surface area contributed by atoms with E-state index in [0.717, 1.165) is 12.8 Å². The Morgan fingerprint density at radius 3 is 2.21 bits per heavy atom. The van der Waals surface area contributed by atoms with E-state index in [2.05, 4.69) is 12.1 Å². The minimum absolute atomic E-state index is 0.0573. The van der Waals surface area contributed by atoms with Crippen LogP contribution in [0.4, 0.5) is 0 Å². The van der Waals surface area contributed by atoms with Crippen molar-refractivity contribution in [1.82, 2.24) is 14.7 Å². The summed E-state index contributed by atoms with van der Waals surface area (Å²) in [6, 6.07) is 13.8. The third-order valence-corrected chi connectivity index (χ3v) is 5.99. The fourth-order valence-corrected chi connectivity index (χ4v) is 4.13. The summed E-state index contributed by atoms with van der Waals surface area (Å²) in [4.78, 5) is 42.9. The standard InChI is InChI=1S/C22H27N3O3S/c1-23(22(28)19-10-6-16-29-19)17-21(27)25-14-12-24(13-15-25)20(26)11-5-9-18-7-3-2-4-8-18/h2-4,6-8,10,16H,5,9,11-15,17H2,1H3. The van der Waals surface area contributed by atoms with Crippen molar-refractivity contribution in [2.24, 2.45) is 0 Å². The minimum atomic E-state index is -0.138. The van der Waals surface area contributed by atoms with Gasteiger partial charge in [0, 0.05) is 39.6 Å².